The fourth-order valence-corrected chi connectivity index (χ4v) is 6.01. The molecule has 0 radical (unpaired) electrons. The first-order valence-electron chi connectivity index (χ1n) is 13.3. The van der Waals surface area contributed by atoms with Gasteiger partial charge in [-0.05, 0) is 30.0 Å². The number of rotatable bonds is 11. The lowest BCUT2D eigenvalue weighted by atomic mass is 10.1. The average molecular weight is 595 g/mol. The van der Waals surface area contributed by atoms with Crippen LogP contribution in [0.4, 0.5) is 5.82 Å². The molecule has 0 spiro atoms. The van der Waals surface area contributed by atoms with Crippen molar-refractivity contribution >= 4 is 30.3 Å². The Morgan fingerprint density at radius 3 is 2.67 bits per heavy atom. The first-order chi connectivity index (χ1) is 20.2. The lowest BCUT2D eigenvalue weighted by Gasteiger charge is -2.25. The van der Waals surface area contributed by atoms with Gasteiger partial charge < -0.3 is 24.8 Å². The van der Waals surface area contributed by atoms with Gasteiger partial charge in [0.2, 0.25) is 0 Å². The monoisotopic (exact) mass is 594 g/mol. The Hall–Kier alpha value is -4.06. The SMILES string of the molecule is C[C@H](NP(=O)(OC[C@H]1O[C@@H](n2ccc(N)nc2=O)CC1O)Oc1cccc2ccccc12)C(=O)OCc1ccccc1. The second kappa shape index (κ2) is 12.8. The van der Waals surface area contributed by atoms with Gasteiger partial charge in [0.25, 0.3) is 0 Å². The first kappa shape index (κ1) is 29.4. The molecule has 3 aromatic carbocycles. The number of fused-ring (bicyclic) bond motifs is 1. The number of anilines is 1. The standard InChI is InChI=1S/C29H31N4O8P/c1-19(28(35)38-17-20-8-3-2-4-9-20)32-42(37,41-24-13-7-11-21-10-5-6-12-22(21)24)39-18-25-23(34)16-27(40-25)33-15-14-26(30)31-29(33)36/h2-15,19,23,25,27,34H,16-18H2,1H3,(H,32,37)(H2,30,31,36)/t19-,23?,25+,27+,42?/m0/s1. The lowest BCUT2D eigenvalue weighted by molar-refractivity contribution is -0.146. The molecule has 5 atom stereocenters. The van der Waals surface area contributed by atoms with Crippen LogP contribution in [0.2, 0.25) is 0 Å². The van der Waals surface area contributed by atoms with Crippen LogP contribution in [-0.4, -0.2) is 45.5 Å². The molecule has 42 heavy (non-hydrogen) atoms. The normalized spacial score (nSPS) is 20.6. The van der Waals surface area contributed by atoms with Crippen LogP contribution in [0.15, 0.2) is 89.9 Å². The van der Waals surface area contributed by atoms with Gasteiger partial charge >= 0.3 is 19.4 Å². The van der Waals surface area contributed by atoms with Crippen molar-refractivity contribution in [1.29, 1.82) is 0 Å². The zero-order chi connectivity index (χ0) is 29.7. The zero-order valence-corrected chi connectivity index (χ0v) is 23.6. The first-order valence-corrected chi connectivity index (χ1v) is 14.8. The van der Waals surface area contributed by atoms with Gasteiger partial charge in [-0.2, -0.15) is 10.1 Å². The number of hydrogen-bond acceptors (Lipinski definition) is 10. The van der Waals surface area contributed by atoms with E-state index in [1.807, 2.05) is 54.6 Å². The van der Waals surface area contributed by atoms with Crippen LogP contribution in [0.25, 0.3) is 10.8 Å². The second-order valence-electron chi connectivity index (χ2n) is 9.78. The Kier molecular flexibility index (Phi) is 9.00. The number of aliphatic hydroxyl groups is 1. The lowest BCUT2D eigenvalue weighted by Crippen LogP contribution is -2.36. The zero-order valence-electron chi connectivity index (χ0n) is 22.7. The summed E-state index contributed by atoms with van der Waals surface area (Å²) in [6.45, 7) is 1.13. The van der Waals surface area contributed by atoms with Crippen molar-refractivity contribution in [2.45, 2.75) is 44.4 Å². The van der Waals surface area contributed by atoms with E-state index in [0.29, 0.717) is 5.39 Å². The third-order valence-electron chi connectivity index (χ3n) is 6.67. The fourth-order valence-electron chi connectivity index (χ4n) is 4.49. The Balaban J connectivity index is 1.32. The summed E-state index contributed by atoms with van der Waals surface area (Å²) in [6.07, 6.45) is -1.38. The Bertz CT molecular complexity index is 1640. The molecule has 0 aliphatic carbocycles. The maximum absolute atomic E-state index is 14.1. The predicted molar refractivity (Wildman–Crippen MR) is 154 cm³/mol. The average Bonchev–Trinajstić information content (AvgIpc) is 3.35. The molecule has 2 unspecified atom stereocenters. The van der Waals surface area contributed by atoms with E-state index < -0.39 is 43.9 Å². The number of carbonyl (C=O) groups excluding carboxylic acids is 1. The topological polar surface area (TPSA) is 164 Å². The summed E-state index contributed by atoms with van der Waals surface area (Å²) < 4.78 is 38.3. The van der Waals surface area contributed by atoms with Crippen molar-refractivity contribution in [2.75, 3.05) is 12.3 Å². The highest BCUT2D eigenvalue weighted by Gasteiger charge is 2.39. The van der Waals surface area contributed by atoms with E-state index in [1.54, 1.807) is 18.2 Å². The quantitative estimate of drug-likeness (QED) is 0.172. The van der Waals surface area contributed by atoms with Gasteiger partial charge in [0.1, 0.15) is 36.5 Å². The molecule has 4 aromatic rings. The summed E-state index contributed by atoms with van der Waals surface area (Å²) in [7, 11) is -4.28. The molecule has 0 saturated carbocycles. The van der Waals surface area contributed by atoms with E-state index in [4.69, 9.17) is 24.3 Å². The van der Waals surface area contributed by atoms with Gasteiger partial charge in [-0.1, -0.05) is 66.7 Å². The number of esters is 1. The molecule has 4 N–H and O–H groups in total. The van der Waals surface area contributed by atoms with E-state index in [9.17, 15) is 19.3 Å². The third kappa shape index (κ3) is 7.04. The van der Waals surface area contributed by atoms with Gasteiger partial charge in [0, 0.05) is 18.0 Å². The molecule has 220 valence electrons. The number of nitrogen functional groups attached to an aromatic ring is 1. The molecule has 1 aliphatic rings. The van der Waals surface area contributed by atoms with Gasteiger partial charge in [0.05, 0.1) is 12.7 Å². The Labute approximate surface area is 241 Å². The molecule has 1 saturated heterocycles. The highest BCUT2D eigenvalue weighted by molar-refractivity contribution is 7.52. The van der Waals surface area contributed by atoms with Crippen LogP contribution in [0, 0.1) is 0 Å². The molecule has 12 nitrogen and oxygen atoms in total. The van der Waals surface area contributed by atoms with Crippen LogP contribution in [-0.2, 0) is 30.0 Å². The summed E-state index contributed by atoms with van der Waals surface area (Å²) in [4.78, 5) is 28.7. The second-order valence-corrected chi connectivity index (χ2v) is 11.5. The maximum atomic E-state index is 14.1. The third-order valence-corrected chi connectivity index (χ3v) is 8.30. The smallest absolute Gasteiger partial charge is 0.459 e. The van der Waals surface area contributed by atoms with Gasteiger partial charge in [-0.25, -0.2) is 9.36 Å². The minimum absolute atomic E-state index is 0.0316. The number of aromatic nitrogens is 2. The molecule has 13 heteroatoms. The number of ether oxygens (including phenoxy) is 2. The van der Waals surface area contributed by atoms with Crippen LogP contribution in [0.5, 0.6) is 5.75 Å². The van der Waals surface area contributed by atoms with Crippen molar-refractivity contribution < 1.29 is 33.0 Å². The highest BCUT2D eigenvalue weighted by atomic mass is 31.2. The van der Waals surface area contributed by atoms with Gasteiger partial charge in [-0.15, -0.1) is 0 Å². The number of hydrogen-bond donors (Lipinski definition) is 3. The Morgan fingerprint density at radius 2 is 1.88 bits per heavy atom. The van der Waals surface area contributed by atoms with E-state index in [1.165, 1.54) is 23.8 Å². The van der Waals surface area contributed by atoms with Gasteiger partial charge in [-0.3, -0.25) is 13.9 Å². The summed E-state index contributed by atoms with van der Waals surface area (Å²) >= 11 is 0. The molecule has 0 amide bonds. The van der Waals surface area contributed by atoms with Gasteiger partial charge in [0.15, 0.2) is 0 Å². The van der Waals surface area contributed by atoms with Crippen molar-refractivity contribution in [3.8, 4) is 5.75 Å². The summed E-state index contributed by atoms with van der Waals surface area (Å²) in [5.41, 5.74) is 5.72. The maximum Gasteiger partial charge on any atom is 0.459 e. The molecule has 0 bridgehead atoms. The summed E-state index contributed by atoms with van der Waals surface area (Å²) in [6, 6.07) is 22.1. The van der Waals surface area contributed by atoms with E-state index in [-0.39, 0.29) is 31.2 Å². The van der Waals surface area contributed by atoms with Crippen LogP contribution in [0.3, 0.4) is 0 Å². The van der Waals surface area contributed by atoms with Crippen LogP contribution in [0.1, 0.15) is 25.1 Å². The number of nitrogens with one attached hydrogen (secondary N) is 1. The minimum atomic E-state index is -4.28. The van der Waals surface area contributed by atoms with Crippen molar-refractivity contribution in [2.24, 2.45) is 0 Å². The molecule has 5 rings (SSSR count). The van der Waals surface area contributed by atoms with E-state index in [0.717, 1.165) is 10.9 Å². The van der Waals surface area contributed by atoms with Crippen molar-refractivity contribution in [3.05, 3.63) is 101 Å². The number of nitrogens with two attached hydrogens (primary N) is 1. The van der Waals surface area contributed by atoms with Crippen LogP contribution >= 0.6 is 7.75 Å². The van der Waals surface area contributed by atoms with E-state index >= 15 is 0 Å². The molecule has 2 heterocycles. The molecular weight excluding hydrogens is 563 g/mol. The fraction of sp³-hybridized carbons (Fsp3) is 0.276. The predicted octanol–water partition coefficient (Wildman–Crippen LogP) is 3.55. The molecule has 1 aliphatic heterocycles. The molecular formula is C29H31N4O8P. The van der Waals surface area contributed by atoms with E-state index in [2.05, 4.69) is 10.1 Å². The van der Waals surface area contributed by atoms with Crippen molar-refractivity contribution in [3.63, 3.8) is 0 Å². The Morgan fingerprint density at radius 1 is 1.14 bits per heavy atom. The molecule has 1 aromatic heterocycles. The summed E-state index contributed by atoms with van der Waals surface area (Å²) in [5.74, 6) is -0.348. The van der Waals surface area contributed by atoms with Crippen molar-refractivity contribution in [1.82, 2.24) is 14.6 Å². The summed E-state index contributed by atoms with van der Waals surface area (Å²) in [5, 5.41) is 14.8. The number of carbonyl (C=O) groups is 1. The number of benzene rings is 3. The number of nitrogens with zero attached hydrogens (tertiary/aromatic N) is 2. The molecule has 1 fully saturated rings. The highest BCUT2D eigenvalue weighted by Crippen LogP contribution is 2.47. The largest absolute Gasteiger partial charge is 0.460 e. The van der Waals surface area contributed by atoms with Crippen LogP contribution < -0.4 is 21.0 Å². The minimum Gasteiger partial charge on any atom is -0.460 e. The number of aliphatic hydroxyl groups excluding tert-OH is 1.